The van der Waals surface area contributed by atoms with Crippen LogP contribution in [0.5, 0.6) is 0 Å². The summed E-state index contributed by atoms with van der Waals surface area (Å²) in [7, 11) is 1.72. The smallest absolute Gasteiger partial charge is 0.379 e. The lowest BCUT2D eigenvalue weighted by Crippen LogP contribution is -2.54. The highest BCUT2D eigenvalue weighted by atomic mass is 32.2. The van der Waals surface area contributed by atoms with Crippen molar-refractivity contribution in [2.75, 3.05) is 45.3 Å². The number of aromatic nitrogens is 2. The first-order valence-electron chi connectivity index (χ1n) is 14.9. The molecule has 3 aliphatic heterocycles. The van der Waals surface area contributed by atoms with Gasteiger partial charge in [-0.25, -0.2) is 9.97 Å². The Morgan fingerprint density at radius 1 is 1.12 bits per heavy atom. The molecule has 3 fully saturated rings. The maximum atomic E-state index is 13.4. The zero-order chi connectivity index (χ0) is 30.4. The summed E-state index contributed by atoms with van der Waals surface area (Å²) < 4.78 is 55.4. The van der Waals surface area contributed by atoms with E-state index in [1.54, 1.807) is 19.2 Å². The lowest BCUT2D eigenvalue weighted by molar-refractivity contribution is -0.0533. The van der Waals surface area contributed by atoms with Crippen molar-refractivity contribution in [3.8, 4) is 0 Å². The summed E-state index contributed by atoms with van der Waals surface area (Å²) >= 11 is -0.118. The van der Waals surface area contributed by atoms with Crippen molar-refractivity contribution in [3.05, 3.63) is 47.4 Å². The van der Waals surface area contributed by atoms with Crippen LogP contribution in [-0.4, -0.2) is 90.5 Å². The second kappa shape index (κ2) is 14.6. The van der Waals surface area contributed by atoms with Crippen molar-refractivity contribution in [1.82, 2.24) is 20.2 Å². The van der Waals surface area contributed by atoms with Crippen molar-refractivity contribution in [1.29, 1.82) is 0 Å². The van der Waals surface area contributed by atoms with Gasteiger partial charge in [0.15, 0.2) is 0 Å². The van der Waals surface area contributed by atoms with Crippen LogP contribution in [0.2, 0.25) is 0 Å². The van der Waals surface area contributed by atoms with E-state index in [0.29, 0.717) is 49.4 Å². The molecule has 2 N–H and O–H groups in total. The number of hydrogen-bond donors (Lipinski definition) is 2. The first-order chi connectivity index (χ1) is 20.7. The molecule has 4 atom stereocenters. The summed E-state index contributed by atoms with van der Waals surface area (Å²) in [6, 6.07) is 6.98. The number of anilines is 1. The third kappa shape index (κ3) is 8.59. The fourth-order valence-corrected chi connectivity index (χ4v) is 6.61. The summed E-state index contributed by atoms with van der Waals surface area (Å²) in [5.41, 5.74) is -2.35. The van der Waals surface area contributed by atoms with Crippen LogP contribution < -0.4 is 10.6 Å². The largest absolute Gasteiger partial charge is 0.446 e. The first kappa shape index (κ1) is 32.0. The molecule has 4 heterocycles. The molecule has 1 aromatic carbocycles. The molecule has 2 aromatic rings. The number of nitrogens with zero attached hydrogens (tertiary/aromatic N) is 3. The Balaban J connectivity index is 1.12. The number of likely N-dealkylation sites (tertiary alicyclic amines) is 1. The molecule has 3 saturated heterocycles. The zero-order valence-corrected chi connectivity index (χ0v) is 25.4. The standard InChI is InChI=1S/C30H40F3N5O4S/c1-19-27(29(39)38-13-10-21(11-14-38)37-24-12-15-41-17-26(24)40-2)35-18-36-28(19)34-16-22-4-3-5-25(42-22)20-6-8-23(9-7-20)43-30(31,32)33/h6-9,18,21-22,24-26,37H,3-5,10-17H2,1-2H3,(H,34,35,36)/t22-,24+,25+,26-/m1/s1. The molecule has 1 amide bonds. The molecule has 0 aliphatic carbocycles. The zero-order valence-electron chi connectivity index (χ0n) is 24.6. The molecule has 0 bridgehead atoms. The van der Waals surface area contributed by atoms with Crippen molar-refractivity contribution in [3.63, 3.8) is 0 Å². The van der Waals surface area contributed by atoms with E-state index < -0.39 is 5.51 Å². The molecule has 43 heavy (non-hydrogen) atoms. The van der Waals surface area contributed by atoms with Gasteiger partial charge in [-0.15, -0.1) is 0 Å². The van der Waals surface area contributed by atoms with Crippen molar-refractivity contribution < 1.29 is 32.2 Å². The van der Waals surface area contributed by atoms with Gasteiger partial charge < -0.3 is 29.7 Å². The minimum atomic E-state index is -4.31. The minimum Gasteiger partial charge on any atom is -0.379 e. The van der Waals surface area contributed by atoms with E-state index in [1.165, 1.54) is 18.5 Å². The number of methoxy groups -OCH3 is 1. The highest BCUT2D eigenvalue weighted by molar-refractivity contribution is 8.00. The van der Waals surface area contributed by atoms with Crippen molar-refractivity contribution >= 4 is 23.5 Å². The van der Waals surface area contributed by atoms with Crippen LogP contribution in [0.15, 0.2) is 35.5 Å². The highest BCUT2D eigenvalue weighted by Gasteiger charge is 2.32. The third-order valence-electron chi connectivity index (χ3n) is 8.46. The molecule has 1 aromatic heterocycles. The van der Waals surface area contributed by atoms with E-state index in [0.717, 1.165) is 50.7 Å². The van der Waals surface area contributed by atoms with Gasteiger partial charge in [-0.2, -0.15) is 13.2 Å². The number of thioether (sulfide) groups is 1. The number of piperidine rings is 1. The van der Waals surface area contributed by atoms with Crippen LogP contribution in [-0.2, 0) is 14.2 Å². The van der Waals surface area contributed by atoms with Gasteiger partial charge in [-0.1, -0.05) is 12.1 Å². The van der Waals surface area contributed by atoms with Crippen LogP contribution >= 0.6 is 11.8 Å². The fourth-order valence-electron chi connectivity index (χ4n) is 6.07. The number of rotatable bonds is 9. The second-order valence-electron chi connectivity index (χ2n) is 11.3. The molecule has 0 spiro atoms. The third-order valence-corrected chi connectivity index (χ3v) is 9.20. The van der Waals surface area contributed by atoms with Gasteiger partial charge in [0.05, 0.1) is 24.9 Å². The average molecular weight is 624 g/mol. The van der Waals surface area contributed by atoms with Crippen molar-refractivity contribution in [2.24, 2.45) is 0 Å². The molecule has 236 valence electrons. The quantitative estimate of drug-likeness (QED) is 0.369. The number of hydrogen-bond acceptors (Lipinski definition) is 9. The van der Waals surface area contributed by atoms with Gasteiger partial charge in [0.25, 0.3) is 5.91 Å². The predicted molar refractivity (Wildman–Crippen MR) is 157 cm³/mol. The van der Waals surface area contributed by atoms with Gasteiger partial charge in [0.1, 0.15) is 17.8 Å². The number of halogens is 3. The Morgan fingerprint density at radius 2 is 1.88 bits per heavy atom. The Labute approximate surface area is 254 Å². The van der Waals surface area contributed by atoms with Crippen LogP contribution in [0.1, 0.15) is 66.2 Å². The van der Waals surface area contributed by atoms with Crippen molar-refractivity contribution in [2.45, 2.75) is 86.2 Å². The number of nitrogens with one attached hydrogen (secondary N) is 2. The number of amides is 1. The normalized spacial score (nSPS) is 25.5. The minimum absolute atomic E-state index is 0.0465. The van der Waals surface area contributed by atoms with Gasteiger partial charge in [-0.3, -0.25) is 4.79 Å². The van der Waals surface area contributed by atoms with Gasteiger partial charge in [0.2, 0.25) is 0 Å². The Hall–Kier alpha value is -2.45. The molecule has 9 nitrogen and oxygen atoms in total. The summed E-state index contributed by atoms with van der Waals surface area (Å²) in [5, 5.41) is 7.06. The Bertz CT molecular complexity index is 1210. The monoisotopic (exact) mass is 623 g/mol. The van der Waals surface area contributed by atoms with Crippen LogP contribution in [0.4, 0.5) is 19.0 Å². The Kier molecular flexibility index (Phi) is 10.8. The highest BCUT2D eigenvalue weighted by Crippen LogP contribution is 2.38. The summed E-state index contributed by atoms with van der Waals surface area (Å²) in [5.74, 6) is 0.502. The molecular formula is C30H40F3N5O4S. The topological polar surface area (TPSA) is 97.8 Å². The van der Waals surface area contributed by atoms with Crippen LogP contribution in [0, 0.1) is 6.92 Å². The molecule has 13 heteroatoms. The molecule has 3 aliphatic rings. The SMILES string of the molecule is CO[C@@H]1COCC[C@@H]1NC1CCN(C(=O)c2ncnc(NC[C@H]3CCC[C@@H](c4ccc(SC(F)(F)F)cc4)O3)c2C)CC1. The number of benzene rings is 1. The molecule has 0 saturated carbocycles. The number of carbonyl (C=O) groups is 1. The number of alkyl halides is 3. The van der Waals surface area contributed by atoms with E-state index in [1.807, 2.05) is 11.8 Å². The lowest BCUT2D eigenvalue weighted by Gasteiger charge is -2.38. The van der Waals surface area contributed by atoms with E-state index in [2.05, 4.69) is 20.6 Å². The summed E-state index contributed by atoms with van der Waals surface area (Å²) in [6.07, 6.45) is 6.41. The van der Waals surface area contributed by atoms with Gasteiger partial charge in [-0.05, 0) is 74.9 Å². The number of carbonyl (C=O) groups excluding carboxylic acids is 1. The second-order valence-corrected chi connectivity index (χ2v) is 12.5. The molecule has 0 radical (unpaired) electrons. The molecule has 0 unspecified atom stereocenters. The molecular weight excluding hydrogens is 583 g/mol. The maximum absolute atomic E-state index is 13.4. The summed E-state index contributed by atoms with van der Waals surface area (Å²) in [4.78, 5) is 24.2. The van der Waals surface area contributed by atoms with E-state index >= 15 is 0 Å². The maximum Gasteiger partial charge on any atom is 0.446 e. The fraction of sp³-hybridized carbons (Fsp3) is 0.633. The Morgan fingerprint density at radius 3 is 2.60 bits per heavy atom. The molecule has 5 rings (SSSR count). The summed E-state index contributed by atoms with van der Waals surface area (Å²) in [6.45, 7) is 4.98. The van der Waals surface area contributed by atoms with E-state index in [9.17, 15) is 18.0 Å². The number of ether oxygens (including phenoxy) is 3. The average Bonchev–Trinajstić information content (AvgIpc) is 3.01. The van der Waals surface area contributed by atoms with Crippen LogP contribution in [0.25, 0.3) is 0 Å². The van der Waals surface area contributed by atoms with Gasteiger partial charge in [0, 0.05) is 55.9 Å². The van der Waals surface area contributed by atoms with Crippen LogP contribution in [0.3, 0.4) is 0 Å². The first-order valence-corrected chi connectivity index (χ1v) is 15.7. The van der Waals surface area contributed by atoms with E-state index in [-0.39, 0.29) is 46.9 Å². The van der Waals surface area contributed by atoms with Gasteiger partial charge >= 0.3 is 5.51 Å². The lowest BCUT2D eigenvalue weighted by atomic mass is 9.98. The predicted octanol–water partition coefficient (Wildman–Crippen LogP) is 5.12. The van der Waals surface area contributed by atoms with E-state index in [4.69, 9.17) is 14.2 Å².